The minimum atomic E-state index is -0.833. The normalized spacial score (nSPS) is 11.2. The van der Waals surface area contributed by atoms with Gasteiger partial charge in [0.2, 0.25) is 0 Å². The van der Waals surface area contributed by atoms with Crippen molar-refractivity contribution in [3.05, 3.63) is 34.5 Å². The first-order valence-corrected chi connectivity index (χ1v) is 6.87. The minimum Gasteiger partial charge on any atom is -0.478 e. The number of fused-ring (bicyclic) bond motifs is 1. The van der Waals surface area contributed by atoms with E-state index in [2.05, 4.69) is 31.4 Å². The number of nitrogens with zero attached hydrogens (tertiary/aromatic N) is 1. The van der Waals surface area contributed by atoms with Crippen molar-refractivity contribution in [2.45, 2.75) is 47.1 Å². The highest BCUT2D eigenvalue weighted by Gasteiger charge is 2.20. The molecule has 3 nitrogen and oxygen atoms in total. The van der Waals surface area contributed by atoms with Gasteiger partial charge in [0.05, 0.1) is 11.1 Å². The number of aromatic carboxylic acids is 1. The summed E-state index contributed by atoms with van der Waals surface area (Å²) in [6, 6.07) is 3.98. The lowest BCUT2D eigenvalue weighted by molar-refractivity contribution is 0.0698. The number of carboxylic acids is 1. The number of carbonyl (C=O) groups is 1. The number of aryl methyl sites for hydroxylation is 3. The Morgan fingerprint density at radius 3 is 2.47 bits per heavy atom. The quantitative estimate of drug-likeness (QED) is 0.904. The van der Waals surface area contributed by atoms with Crippen LogP contribution in [0.3, 0.4) is 0 Å². The van der Waals surface area contributed by atoms with Crippen molar-refractivity contribution in [2.24, 2.45) is 0 Å². The first kappa shape index (κ1) is 13.7. The van der Waals surface area contributed by atoms with Crippen molar-refractivity contribution in [1.29, 1.82) is 0 Å². The molecule has 2 rings (SSSR count). The van der Waals surface area contributed by atoms with E-state index in [0.29, 0.717) is 5.56 Å². The third kappa shape index (κ3) is 2.03. The minimum absolute atomic E-state index is 0.453. The van der Waals surface area contributed by atoms with Crippen LogP contribution in [-0.2, 0) is 13.0 Å². The maximum absolute atomic E-state index is 11.6. The molecule has 0 fully saturated rings. The van der Waals surface area contributed by atoms with E-state index in [1.54, 1.807) is 0 Å². The fourth-order valence-corrected chi connectivity index (χ4v) is 2.96. The second-order valence-corrected chi connectivity index (χ2v) is 5.03. The predicted octanol–water partition coefficient (Wildman–Crippen LogP) is 3.93. The van der Waals surface area contributed by atoms with E-state index < -0.39 is 5.97 Å². The summed E-state index contributed by atoms with van der Waals surface area (Å²) in [6.07, 6.45) is 1.93. The molecule has 1 N–H and O–H groups in total. The van der Waals surface area contributed by atoms with Crippen LogP contribution >= 0.6 is 0 Å². The van der Waals surface area contributed by atoms with Gasteiger partial charge < -0.3 is 9.67 Å². The van der Waals surface area contributed by atoms with Crippen molar-refractivity contribution < 1.29 is 9.90 Å². The molecule has 0 aliphatic carbocycles. The Kier molecular flexibility index (Phi) is 3.65. The first-order valence-electron chi connectivity index (χ1n) is 6.87. The van der Waals surface area contributed by atoms with E-state index >= 15 is 0 Å². The van der Waals surface area contributed by atoms with Crippen LogP contribution in [0.1, 0.15) is 47.4 Å². The molecule has 0 saturated heterocycles. The third-order valence-corrected chi connectivity index (χ3v) is 3.84. The molecular formula is C16H21NO2. The molecule has 1 aromatic heterocycles. The van der Waals surface area contributed by atoms with Crippen molar-refractivity contribution >= 4 is 16.9 Å². The number of benzene rings is 1. The fourth-order valence-electron chi connectivity index (χ4n) is 2.96. The lowest BCUT2D eigenvalue weighted by Crippen LogP contribution is -2.06. The number of aromatic nitrogens is 1. The molecule has 0 aliphatic rings. The molecule has 0 atom stereocenters. The Morgan fingerprint density at radius 1 is 1.26 bits per heavy atom. The molecule has 0 bridgehead atoms. The molecule has 19 heavy (non-hydrogen) atoms. The number of hydrogen-bond donors (Lipinski definition) is 1. The van der Waals surface area contributed by atoms with Gasteiger partial charge in [-0.25, -0.2) is 4.79 Å². The summed E-state index contributed by atoms with van der Waals surface area (Å²) in [5.74, 6) is -0.833. The Bertz CT molecular complexity index is 638. The molecule has 0 spiro atoms. The largest absolute Gasteiger partial charge is 0.478 e. The average Bonchev–Trinajstić information content (AvgIpc) is 2.62. The molecule has 0 amide bonds. The SMILES string of the molecule is CCCn1c(C)c(CC)c2ccc(C)c(C(=O)O)c21. The van der Waals surface area contributed by atoms with Crippen molar-refractivity contribution in [2.75, 3.05) is 0 Å². The maximum Gasteiger partial charge on any atom is 0.338 e. The summed E-state index contributed by atoms with van der Waals surface area (Å²) in [5.41, 5.74) is 4.65. The van der Waals surface area contributed by atoms with Gasteiger partial charge in [-0.2, -0.15) is 0 Å². The van der Waals surface area contributed by atoms with Gasteiger partial charge in [-0.1, -0.05) is 26.0 Å². The number of hydrogen-bond acceptors (Lipinski definition) is 1. The Labute approximate surface area is 113 Å². The Balaban J connectivity index is 2.94. The van der Waals surface area contributed by atoms with Gasteiger partial charge in [-0.15, -0.1) is 0 Å². The molecule has 0 radical (unpaired) electrons. The van der Waals surface area contributed by atoms with Gasteiger partial charge in [0.1, 0.15) is 0 Å². The van der Waals surface area contributed by atoms with Gasteiger partial charge in [0, 0.05) is 17.6 Å². The fraction of sp³-hybridized carbons (Fsp3) is 0.438. The van der Waals surface area contributed by atoms with Gasteiger partial charge in [0.15, 0.2) is 0 Å². The van der Waals surface area contributed by atoms with E-state index in [0.717, 1.165) is 35.9 Å². The van der Waals surface area contributed by atoms with E-state index in [-0.39, 0.29) is 0 Å². The molecule has 0 unspecified atom stereocenters. The topological polar surface area (TPSA) is 42.2 Å². The molecular weight excluding hydrogens is 238 g/mol. The highest BCUT2D eigenvalue weighted by molar-refractivity contribution is 6.05. The van der Waals surface area contributed by atoms with Gasteiger partial charge in [-0.3, -0.25) is 0 Å². The van der Waals surface area contributed by atoms with E-state index in [4.69, 9.17) is 0 Å². The zero-order chi connectivity index (χ0) is 14.2. The van der Waals surface area contributed by atoms with Crippen LogP contribution in [0.15, 0.2) is 12.1 Å². The zero-order valence-electron chi connectivity index (χ0n) is 12.1. The lowest BCUT2D eigenvalue weighted by Gasteiger charge is -2.10. The summed E-state index contributed by atoms with van der Waals surface area (Å²) in [6.45, 7) is 9.07. The van der Waals surface area contributed by atoms with Crippen LogP contribution in [0, 0.1) is 13.8 Å². The maximum atomic E-state index is 11.6. The standard InChI is InChI=1S/C16H21NO2/c1-5-9-17-11(4)12(6-2)13-8-7-10(3)14(15(13)17)16(18)19/h7-8H,5-6,9H2,1-4H3,(H,18,19). The molecule has 0 saturated carbocycles. The van der Waals surface area contributed by atoms with Crippen LogP contribution in [0.2, 0.25) is 0 Å². The summed E-state index contributed by atoms with van der Waals surface area (Å²) in [4.78, 5) is 11.6. The Morgan fingerprint density at radius 2 is 1.95 bits per heavy atom. The summed E-state index contributed by atoms with van der Waals surface area (Å²) < 4.78 is 2.17. The summed E-state index contributed by atoms with van der Waals surface area (Å²) in [7, 11) is 0. The lowest BCUT2D eigenvalue weighted by atomic mass is 10.0. The van der Waals surface area contributed by atoms with Gasteiger partial charge >= 0.3 is 5.97 Å². The smallest absolute Gasteiger partial charge is 0.338 e. The second-order valence-electron chi connectivity index (χ2n) is 5.03. The van der Waals surface area contributed by atoms with Crippen molar-refractivity contribution in [3.63, 3.8) is 0 Å². The van der Waals surface area contributed by atoms with E-state index in [9.17, 15) is 9.90 Å². The third-order valence-electron chi connectivity index (χ3n) is 3.84. The van der Waals surface area contributed by atoms with Crippen LogP contribution < -0.4 is 0 Å². The van der Waals surface area contributed by atoms with E-state index in [1.165, 1.54) is 11.3 Å². The molecule has 2 aromatic rings. The summed E-state index contributed by atoms with van der Waals surface area (Å²) >= 11 is 0. The second kappa shape index (κ2) is 5.08. The highest BCUT2D eigenvalue weighted by atomic mass is 16.4. The van der Waals surface area contributed by atoms with Gasteiger partial charge in [-0.05, 0) is 37.8 Å². The molecule has 1 aromatic carbocycles. The van der Waals surface area contributed by atoms with E-state index in [1.807, 2.05) is 13.0 Å². The van der Waals surface area contributed by atoms with Crippen LogP contribution in [0.5, 0.6) is 0 Å². The van der Waals surface area contributed by atoms with Gasteiger partial charge in [0.25, 0.3) is 0 Å². The molecule has 102 valence electrons. The number of rotatable bonds is 4. The molecule has 3 heteroatoms. The average molecular weight is 259 g/mol. The first-order chi connectivity index (χ1) is 9.02. The Hall–Kier alpha value is -1.77. The number of carboxylic acid groups (broad SMARTS) is 1. The zero-order valence-corrected chi connectivity index (χ0v) is 12.1. The van der Waals surface area contributed by atoms with Crippen molar-refractivity contribution in [3.8, 4) is 0 Å². The van der Waals surface area contributed by atoms with Crippen LogP contribution in [0.4, 0.5) is 0 Å². The summed E-state index contributed by atoms with van der Waals surface area (Å²) in [5, 5.41) is 10.6. The van der Waals surface area contributed by atoms with Crippen molar-refractivity contribution in [1.82, 2.24) is 4.57 Å². The molecule has 0 aliphatic heterocycles. The monoisotopic (exact) mass is 259 g/mol. The molecule has 1 heterocycles. The highest BCUT2D eigenvalue weighted by Crippen LogP contribution is 2.31. The van der Waals surface area contributed by atoms with Crippen LogP contribution in [-0.4, -0.2) is 15.6 Å². The van der Waals surface area contributed by atoms with Crippen LogP contribution in [0.25, 0.3) is 10.9 Å². The predicted molar refractivity (Wildman–Crippen MR) is 78.0 cm³/mol.